The maximum absolute atomic E-state index is 5.45. The molecule has 1 heterocycles. The van der Waals surface area contributed by atoms with Gasteiger partial charge in [-0.15, -0.1) is 0 Å². The molecule has 4 heteroatoms. The van der Waals surface area contributed by atoms with Gasteiger partial charge in [-0.3, -0.25) is 0 Å². The molecule has 4 nitrogen and oxygen atoms in total. The third-order valence-electron chi connectivity index (χ3n) is 4.74. The van der Waals surface area contributed by atoms with Crippen molar-refractivity contribution in [1.82, 2.24) is 15.5 Å². The largest absolute Gasteiger partial charge is 0.339 e. The molecule has 1 aliphatic rings. The van der Waals surface area contributed by atoms with Crippen LogP contribution >= 0.6 is 0 Å². The van der Waals surface area contributed by atoms with Crippen LogP contribution < -0.4 is 5.32 Å². The standard InChI is InChI=1S/C16H29N3O/c1-4-6-14(17-3)11-15-18-16(19-20-15)13-9-7-12(5-2)8-10-13/h12-14,17H,4-11H2,1-3H3. The number of hydrogen-bond acceptors (Lipinski definition) is 4. The number of aromatic nitrogens is 2. The van der Waals surface area contributed by atoms with Gasteiger partial charge in [-0.1, -0.05) is 31.8 Å². The Hall–Kier alpha value is -0.900. The third kappa shape index (κ3) is 4.05. The molecule has 0 aliphatic heterocycles. The van der Waals surface area contributed by atoms with Crippen LogP contribution in [0.1, 0.15) is 76.4 Å². The minimum atomic E-state index is 0.448. The molecule has 0 amide bonds. The maximum Gasteiger partial charge on any atom is 0.228 e. The average Bonchev–Trinajstić information content (AvgIpc) is 2.95. The van der Waals surface area contributed by atoms with Gasteiger partial charge in [0.25, 0.3) is 0 Å². The summed E-state index contributed by atoms with van der Waals surface area (Å²) in [4.78, 5) is 4.64. The summed E-state index contributed by atoms with van der Waals surface area (Å²) in [5, 5.41) is 7.55. The van der Waals surface area contributed by atoms with E-state index < -0.39 is 0 Å². The van der Waals surface area contributed by atoms with Crippen molar-refractivity contribution in [1.29, 1.82) is 0 Å². The molecule has 1 N–H and O–H groups in total. The molecule has 0 spiro atoms. The Morgan fingerprint density at radius 2 is 2.00 bits per heavy atom. The monoisotopic (exact) mass is 279 g/mol. The summed E-state index contributed by atoms with van der Waals surface area (Å²) in [6.45, 7) is 4.50. The number of nitrogens with zero attached hydrogens (tertiary/aromatic N) is 2. The number of likely N-dealkylation sites (N-methyl/N-ethyl adjacent to an activating group) is 1. The van der Waals surface area contributed by atoms with Crippen LogP contribution in [0.3, 0.4) is 0 Å². The van der Waals surface area contributed by atoms with Crippen LogP contribution in [0.5, 0.6) is 0 Å². The average molecular weight is 279 g/mol. The van der Waals surface area contributed by atoms with Crippen molar-refractivity contribution in [2.24, 2.45) is 5.92 Å². The Balaban J connectivity index is 1.88. The van der Waals surface area contributed by atoms with E-state index in [9.17, 15) is 0 Å². The van der Waals surface area contributed by atoms with Gasteiger partial charge < -0.3 is 9.84 Å². The topological polar surface area (TPSA) is 51.0 Å². The van der Waals surface area contributed by atoms with Crippen molar-refractivity contribution >= 4 is 0 Å². The van der Waals surface area contributed by atoms with Crippen molar-refractivity contribution in [3.63, 3.8) is 0 Å². The van der Waals surface area contributed by atoms with E-state index in [1.807, 2.05) is 7.05 Å². The van der Waals surface area contributed by atoms with Crippen LogP contribution in [0.25, 0.3) is 0 Å². The molecule has 114 valence electrons. The summed E-state index contributed by atoms with van der Waals surface area (Å²) < 4.78 is 5.45. The molecular weight excluding hydrogens is 250 g/mol. The van der Waals surface area contributed by atoms with Crippen molar-refractivity contribution in [2.75, 3.05) is 7.05 Å². The van der Waals surface area contributed by atoms with Crippen molar-refractivity contribution in [3.05, 3.63) is 11.7 Å². The lowest BCUT2D eigenvalue weighted by atomic mass is 9.80. The molecule has 1 atom stereocenters. The highest BCUT2D eigenvalue weighted by molar-refractivity contribution is 4.98. The second kappa shape index (κ2) is 7.77. The van der Waals surface area contributed by atoms with E-state index in [-0.39, 0.29) is 0 Å². The van der Waals surface area contributed by atoms with Crippen LogP contribution in [0.4, 0.5) is 0 Å². The summed E-state index contributed by atoms with van der Waals surface area (Å²) in [5.41, 5.74) is 0. The zero-order chi connectivity index (χ0) is 14.4. The fourth-order valence-corrected chi connectivity index (χ4v) is 3.25. The van der Waals surface area contributed by atoms with Crippen LogP contribution in [-0.4, -0.2) is 23.2 Å². The van der Waals surface area contributed by atoms with Gasteiger partial charge in [0, 0.05) is 18.4 Å². The van der Waals surface area contributed by atoms with Crippen LogP contribution in [-0.2, 0) is 6.42 Å². The highest BCUT2D eigenvalue weighted by Crippen LogP contribution is 2.35. The third-order valence-corrected chi connectivity index (χ3v) is 4.74. The number of hydrogen-bond donors (Lipinski definition) is 1. The summed E-state index contributed by atoms with van der Waals surface area (Å²) >= 11 is 0. The molecule has 2 rings (SSSR count). The van der Waals surface area contributed by atoms with Crippen molar-refractivity contribution in [3.8, 4) is 0 Å². The molecule has 0 radical (unpaired) electrons. The minimum Gasteiger partial charge on any atom is -0.339 e. The van der Waals surface area contributed by atoms with E-state index in [4.69, 9.17) is 4.52 Å². The van der Waals surface area contributed by atoms with E-state index in [2.05, 4.69) is 29.3 Å². The SMILES string of the molecule is CCCC(Cc1nc(C2CCC(CC)CC2)no1)NC. The molecular formula is C16H29N3O. The second-order valence-corrected chi connectivity index (χ2v) is 6.15. The van der Waals surface area contributed by atoms with Crippen molar-refractivity contribution in [2.45, 2.75) is 77.2 Å². The van der Waals surface area contributed by atoms with Gasteiger partial charge in [-0.2, -0.15) is 4.98 Å². The first kappa shape index (κ1) is 15.5. The smallest absolute Gasteiger partial charge is 0.228 e. The zero-order valence-corrected chi connectivity index (χ0v) is 13.2. The first-order valence-corrected chi connectivity index (χ1v) is 8.26. The first-order valence-electron chi connectivity index (χ1n) is 8.26. The normalized spacial score (nSPS) is 24.8. The molecule has 1 aromatic heterocycles. The number of nitrogens with one attached hydrogen (secondary N) is 1. The minimum absolute atomic E-state index is 0.448. The summed E-state index contributed by atoms with van der Waals surface area (Å²) in [6, 6.07) is 0.448. The van der Waals surface area contributed by atoms with E-state index in [1.165, 1.54) is 38.5 Å². The highest BCUT2D eigenvalue weighted by Gasteiger charge is 2.25. The molecule has 0 saturated heterocycles. The van der Waals surface area contributed by atoms with Gasteiger partial charge in [0.15, 0.2) is 5.82 Å². The van der Waals surface area contributed by atoms with Crippen LogP contribution in [0, 0.1) is 5.92 Å². The van der Waals surface area contributed by atoms with E-state index in [1.54, 1.807) is 0 Å². The summed E-state index contributed by atoms with van der Waals surface area (Å²) in [6.07, 6.45) is 9.57. The van der Waals surface area contributed by atoms with Gasteiger partial charge in [-0.05, 0) is 45.1 Å². The van der Waals surface area contributed by atoms with Crippen LogP contribution in [0.15, 0.2) is 4.52 Å². The Kier molecular flexibility index (Phi) is 6.02. The van der Waals surface area contributed by atoms with E-state index >= 15 is 0 Å². The molecule has 1 aliphatic carbocycles. The van der Waals surface area contributed by atoms with Crippen LogP contribution in [0.2, 0.25) is 0 Å². The van der Waals surface area contributed by atoms with Gasteiger partial charge in [0.2, 0.25) is 5.89 Å². The zero-order valence-electron chi connectivity index (χ0n) is 13.2. The first-order chi connectivity index (χ1) is 9.76. The Bertz CT molecular complexity index is 383. The van der Waals surface area contributed by atoms with Gasteiger partial charge in [0.05, 0.1) is 0 Å². The summed E-state index contributed by atoms with van der Waals surface area (Å²) in [7, 11) is 2.00. The predicted octanol–water partition coefficient (Wildman–Crippen LogP) is 3.68. The Morgan fingerprint density at radius 3 is 2.60 bits per heavy atom. The van der Waals surface area contributed by atoms with E-state index in [0.717, 1.165) is 30.5 Å². The summed E-state index contributed by atoms with van der Waals surface area (Å²) in [5.74, 6) is 3.18. The lowest BCUT2D eigenvalue weighted by Crippen LogP contribution is -2.27. The number of rotatable bonds is 7. The lowest BCUT2D eigenvalue weighted by Gasteiger charge is -2.25. The lowest BCUT2D eigenvalue weighted by molar-refractivity contribution is 0.301. The molecule has 0 bridgehead atoms. The predicted molar refractivity (Wildman–Crippen MR) is 80.7 cm³/mol. The van der Waals surface area contributed by atoms with Gasteiger partial charge >= 0.3 is 0 Å². The molecule has 1 saturated carbocycles. The van der Waals surface area contributed by atoms with Gasteiger partial charge in [0.1, 0.15) is 0 Å². The molecule has 0 aromatic carbocycles. The highest BCUT2D eigenvalue weighted by atomic mass is 16.5. The fraction of sp³-hybridized carbons (Fsp3) is 0.875. The van der Waals surface area contributed by atoms with Crippen molar-refractivity contribution < 1.29 is 4.52 Å². The molecule has 1 fully saturated rings. The maximum atomic E-state index is 5.45. The molecule has 1 aromatic rings. The molecule has 1 unspecified atom stereocenters. The quantitative estimate of drug-likeness (QED) is 0.827. The Labute approximate surface area is 122 Å². The fourth-order valence-electron chi connectivity index (χ4n) is 3.25. The van der Waals surface area contributed by atoms with E-state index in [0.29, 0.717) is 12.0 Å². The second-order valence-electron chi connectivity index (χ2n) is 6.15. The molecule has 20 heavy (non-hydrogen) atoms. The van der Waals surface area contributed by atoms with Gasteiger partial charge in [-0.25, -0.2) is 0 Å². The Morgan fingerprint density at radius 1 is 1.25 bits per heavy atom.